The van der Waals surface area contributed by atoms with Gasteiger partial charge in [-0.15, -0.1) is 0 Å². The topological polar surface area (TPSA) is 46.4 Å². The Morgan fingerprint density at radius 1 is 1.36 bits per heavy atom. The zero-order chi connectivity index (χ0) is 16.5. The van der Waals surface area contributed by atoms with Gasteiger partial charge in [0.05, 0.1) is 10.5 Å². The molecule has 0 aliphatic carbocycles. The predicted octanol–water partition coefficient (Wildman–Crippen LogP) is 4.41. The van der Waals surface area contributed by atoms with E-state index in [9.17, 15) is 27.7 Å². The van der Waals surface area contributed by atoms with Crippen LogP contribution in [0.25, 0.3) is 0 Å². The van der Waals surface area contributed by atoms with Crippen molar-refractivity contribution in [3.8, 4) is 0 Å². The number of benzene rings is 1. The standard InChI is InChI=1S/C13H13BrF4N2O2/c14-8-5-10(15)9(11(6-8)20(21)22)7-19-4-2-1-3-12(19)13(16,17)18/h5-6,12H,1-4,7H2. The minimum atomic E-state index is -4.43. The molecule has 4 nitrogen and oxygen atoms in total. The minimum absolute atomic E-state index is 0.0740. The molecule has 22 heavy (non-hydrogen) atoms. The summed E-state index contributed by atoms with van der Waals surface area (Å²) in [6, 6.07) is 0.434. The maximum atomic E-state index is 14.0. The Morgan fingerprint density at radius 3 is 2.64 bits per heavy atom. The second kappa shape index (κ2) is 6.49. The Labute approximate surface area is 132 Å². The molecule has 1 atom stereocenters. The Balaban J connectivity index is 2.34. The van der Waals surface area contributed by atoms with Crippen LogP contribution in [0.1, 0.15) is 24.8 Å². The quantitative estimate of drug-likeness (QED) is 0.440. The third-order valence-electron chi connectivity index (χ3n) is 3.69. The second-order valence-corrected chi connectivity index (χ2v) is 6.08. The van der Waals surface area contributed by atoms with E-state index in [1.54, 1.807) is 0 Å². The highest BCUT2D eigenvalue weighted by Gasteiger charge is 2.44. The van der Waals surface area contributed by atoms with Crippen LogP contribution in [-0.2, 0) is 6.54 Å². The van der Waals surface area contributed by atoms with Gasteiger partial charge in [0.1, 0.15) is 11.9 Å². The van der Waals surface area contributed by atoms with Gasteiger partial charge in [-0.05, 0) is 25.5 Å². The van der Waals surface area contributed by atoms with Crippen LogP contribution < -0.4 is 0 Å². The summed E-state index contributed by atoms with van der Waals surface area (Å²) in [5, 5.41) is 11.0. The Hall–Kier alpha value is -1.22. The average Bonchev–Trinajstić information content (AvgIpc) is 2.40. The Kier molecular flexibility index (Phi) is 5.06. The van der Waals surface area contributed by atoms with Gasteiger partial charge in [-0.2, -0.15) is 13.2 Å². The van der Waals surface area contributed by atoms with E-state index in [1.807, 2.05) is 0 Å². The summed E-state index contributed by atoms with van der Waals surface area (Å²) < 4.78 is 53.3. The maximum absolute atomic E-state index is 14.0. The number of hydrogen-bond acceptors (Lipinski definition) is 3. The molecule has 1 fully saturated rings. The van der Waals surface area contributed by atoms with Crippen molar-refractivity contribution >= 4 is 21.6 Å². The third kappa shape index (κ3) is 3.75. The number of nitrogens with zero attached hydrogens (tertiary/aromatic N) is 2. The van der Waals surface area contributed by atoms with Gasteiger partial charge in [-0.25, -0.2) is 4.39 Å². The molecule has 1 aromatic rings. The highest BCUT2D eigenvalue weighted by Crippen LogP contribution is 2.35. The second-order valence-electron chi connectivity index (χ2n) is 5.17. The molecule has 1 unspecified atom stereocenters. The molecule has 1 saturated heterocycles. The van der Waals surface area contributed by atoms with E-state index in [0.717, 1.165) is 17.0 Å². The molecule has 0 N–H and O–H groups in total. The molecule has 1 aromatic carbocycles. The molecule has 122 valence electrons. The van der Waals surface area contributed by atoms with Crippen LogP contribution in [0.5, 0.6) is 0 Å². The molecule has 1 aliphatic rings. The van der Waals surface area contributed by atoms with E-state index >= 15 is 0 Å². The summed E-state index contributed by atoms with van der Waals surface area (Å²) in [5.74, 6) is -0.882. The molecule has 0 spiro atoms. The lowest BCUT2D eigenvalue weighted by molar-refractivity contribution is -0.386. The number of alkyl halides is 3. The van der Waals surface area contributed by atoms with E-state index in [2.05, 4.69) is 15.9 Å². The van der Waals surface area contributed by atoms with Crippen molar-refractivity contribution in [2.24, 2.45) is 0 Å². The van der Waals surface area contributed by atoms with Crippen molar-refractivity contribution < 1.29 is 22.5 Å². The van der Waals surface area contributed by atoms with Crippen molar-refractivity contribution in [2.45, 2.75) is 38.0 Å². The average molecular weight is 385 g/mol. The van der Waals surface area contributed by atoms with Crippen LogP contribution in [0.4, 0.5) is 23.2 Å². The van der Waals surface area contributed by atoms with Gasteiger partial charge >= 0.3 is 6.18 Å². The van der Waals surface area contributed by atoms with Crippen molar-refractivity contribution in [1.29, 1.82) is 0 Å². The lowest BCUT2D eigenvalue weighted by atomic mass is 10.00. The molecule has 0 radical (unpaired) electrons. The van der Waals surface area contributed by atoms with Crippen molar-refractivity contribution in [3.63, 3.8) is 0 Å². The first-order valence-electron chi connectivity index (χ1n) is 6.63. The van der Waals surface area contributed by atoms with Crippen LogP contribution in [0, 0.1) is 15.9 Å². The zero-order valence-corrected chi connectivity index (χ0v) is 13.0. The van der Waals surface area contributed by atoms with Crippen molar-refractivity contribution in [3.05, 3.63) is 38.1 Å². The van der Waals surface area contributed by atoms with Gasteiger partial charge in [0.25, 0.3) is 5.69 Å². The fraction of sp³-hybridized carbons (Fsp3) is 0.538. The normalized spacial score (nSPS) is 20.1. The lowest BCUT2D eigenvalue weighted by Crippen LogP contribution is -2.48. The van der Waals surface area contributed by atoms with Crippen molar-refractivity contribution in [1.82, 2.24) is 4.90 Å². The summed E-state index contributed by atoms with van der Waals surface area (Å²) in [6.45, 7) is -0.295. The Bertz CT molecular complexity index is 580. The summed E-state index contributed by atoms with van der Waals surface area (Å²) in [7, 11) is 0. The number of nitro groups is 1. The van der Waals surface area contributed by atoms with Crippen LogP contribution >= 0.6 is 15.9 Å². The molecule has 1 aliphatic heterocycles. The van der Waals surface area contributed by atoms with Gasteiger partial charge < -0.3 is 0 Å². The number of halogens is 5. The summed E-state index contributed by atoms with van der Waals surface area (Å²) >= 11 is 2.95. The predicted molar refractivity (Wildman–Crippen MR) is 74.9 cm³/mol. The van der Waals surface area contributed by atoms with E-state index < -0.39 is 35.2 Å². The summed E-state index contributed by atoms with van der Waals surface area (Å²) in [6.07, 6.45) is -3.51. The van der Waals surface area contributed by atoms with Crippen LogP contribution in [0.2, 0.25) is 0 Å². The summed E-state index contributed by atoms with van der Waals surface area (Å²) in [5.41, 5.74) is -0.831. The van der Waals surface area contributed by atoms with E-state index in [4.69, 9.17) is 0 Å². The van der Waals surface area contributed by atoms with Gasteiger partial charge in [0, 0.05) is 17.1 Å². The maximum Gasteiger partial charge on any atom is 0.404 e. The number of hydrogen-bond donors (Lipinski definition) is 0. The molecule has 0 amide bonds. The van der Waals surface area contributed by atoms with E-state index in [0.29, 0.717) is 12.8 Å². The molecular weight excluding hydrogens is 372 g/mol. The van der Waals surface area contributed by atoms with Gasteiger partial charge in [0.2, 0.25) is 0 Å². The van der Waals surface area contributed by atoms with Gasteiger partial charge in [-0.3, -0.25) is 15.0 Å². The van der Waals surface area contributed by atoms with E-state index in [1.165, 1.54) is 0 Å². The molecule has 0 saturated carbocycles. The highest BCUT2D eigenvalue weighted by molar-refractivity contribution is 9.10. The molecule has 0 aromatic heterocycles. The first kappa shape index (κ1) is 17.1. The molecule has 9 heteroatoms. The fourth-order valence-electron chi connectivity index (χ4n) is 2.66. The molecule has 2 rings (SSSR count). The molecule has 0 bridgehead atoms. The first-order chi connectivity index (χ1) is 10.2. The highest BCUT2D eigenvalue weighted by atomic mass is 79.9. The SMILES string of the molecule is O=[N+]([O-])c1cc(Br)cc(F)c1CN1CCCCC1C(F)(F)F. The molecule has 1 heterocycles. The third-order valence-corrected chi connectivity index (χ3v) is 4.14. The van der Waals surface area contributed by atoms with Gasteiger partial charge in [-0.1, -0.05) is 22.4 Å². The minimum Gasteiger partial charge on any atom is -0.288 e. The summed E-state index contributed by atoms with van der Waals surface area (Å²) in [4.78, 5) is 11.3. The van der Waals surface area contributed by atoms with Gasteiger partial charge in [0.15, 0.2) is 0 Å². The zero-order valence-electron chi connectivity index (χ0n) is 11.4. The van der Waals surface area contributed by atoms with Crippen LogP contribution in [0.15, 0.2) is 16.6 Å². The monoisotopic (exact) mass is 384 g/mol. The van der Waals surface area contributed by atoms with Crippen LogP contribution in [0.3, 0.4) is 0 Å². The van der Waals surface area contributed by atoms with E-state index in [-0.39, 0.29) is 23.0 Å². The fourth-order valence-corrected chi connectivity index (χ4v) is 3.08. The number of likely N-dealkylation sites (tertiary alicyclic amines) is 1. The smallest absolute Gasteiger partial charge is 0.288 e. The first-order valence-corrected chi connectivity index (χ1v) is 7.42. The largest absolute Gasteiger partial charge is 0.404 e. The lowest BCUT2D eigenvalue weighted by Gasteiger charge is -2.36. The van der Waals surface area contributed by atoms with Crippen molar-refractivity contribution in [2.75, 3.05) is 6.54 Å². The molecular formula is C13H13BrF4N2O2. The number of rotatable bonds is 3. The number of piperidine rings is 1. The Morgan fingerprint density at radius 2 is 2.05 bits per heavy atom. The number of nitro benzene ring substituents is 1. The van der Waals surface area contributed by atoms with Crippen LogP contribution in [-0.4, -0.2) is 28.6 Å².